The number of urea groups is 1. The van der Waals surface area contributed by atoms with Gasteiger partial charge in [0.25, 0.3) is 6.47 Å². The molecule has 1 unspecified atom stereocenters. The largest absolute Gasteiger partial charge is 0.483 e. The van der Waals surface area contributed by atoms with Gasteiger partial charge in [0.2, 0.25) is 0 Å². The van der Waals surface area contributed by atoms with E-state index in [2.05, 4.69) is 15.5 Å². The third-order valence-corrected chi connectivity index (χ3v) is 3.20. The smallest absolute Gasteiger partial charge is 0.314 e. The number of aliphatic hydroxyl groups is 1. The van der Waals surface area contributed by atoms with E-state index in [1.165, 1.54) is 0 Å². The minimum atomic E-state index is -0.927. The lowest BCUT2D eigenvalue weighted by atomic mass is 9.99. The Morgan fingerprint density at radius 1 is 1.27 bits per heavy atom. The molecule has 0 aliphatic carbocycles. The zero-order valence-corrected chi connectivity index (χ0v) is 12.5. The van der Waals surface area contributed by atoms with Crippen molar-refractivity contribution < 1.29 is 29.7 Å². The van der Waals surface area contributed by atoms with Crippen LogP contribution in [0.2, 0.25) is 0 Å². The van der Waals surface area contributed by atoms with Crippen molar-refractivity contribution in [3.05, 3.63) is 0 Å². The normalized spacial score (nSPS) is 17.8. The zero-order valence-electron chi connectivity index (χ0n) is 12.5. The van der Waals surface area contributed by atoms with Gasteiger partial charge in [0.05, 0.1) is 6.42 Å². The molecule has 0 saturated carbocycles. The van der Waals surface area contributed by atoms with Crippen LogP contribution in [0.4, 0.5) is 4.79 Å². The summed E-state index contributed by atoms with van der Waals surface area (Å²) in [5.74, 6) is -0.582. The molecule has 1 atom stereocenters. The van der Waals surface area contributed by atoms with Crippen molar-refractivity contribution in [2.24, 2.45) is 5.92 Å². The van der Waals surface area contributed by atoms with Crippen LogP contribution < -0.4 is 10.6 Å². The summed E-state index contributed by atoms with van der Waals surface area (Å²) in [6.45, 7) is 3.26. The summed E-state index contributed by atoms with van der Waals surface area (Å²) in [6.07, 6.45) is 2.07. The SMILES string of the molecule is O=C(O)CCNC(=O)NCCN1CCCC(CO)C1.O=CO. The number of carboxylic acid groups (broad SMARTS) is 2. The molecule has 22 heavy (non-hydrogen) atoms. The van der Waals surface area contributed by atoms with Crippen LogP contribution in [-0.2, 0) is 9.59 Å². The lowest BCUT2D eigenvalue weighted by molar-refractivity contribution is -0.136. The fourth-order valence-corrected chi connectivity index (χ4v) is 2.18. The van der Waals surface area contributed by atoms with Crippen LogP contribution in [0.15, 0.2) is 0 Å². The monoisotopic (exact) mass is 319 g/mol. The number of aliphatic hydroxyl groups excluding tert-OH is 1. The number of rotatable bonds is 7. The standard InChI is InChI=1S/C12H23N3O4.CH2O2/c16-9-10-2-1-6-15(8-10)7-5-14-12(19)13-4-3-11(17)18;2-1-3/h10,16H,1-9H2,(H,17,18)(H2,13,14,19);1H,(H,2,3). The van der Waals surface area contributed by atoms with Gasteiger partial charge in [-0.1, -0.05) is 0 Å². The van der Waals surface area contributed by atoms with Crippen LogP contribution >= 0.6 is 0 Å². The third-order valence-electron chi connectivity index (χ3n) is 3.20. The number of aliphatic carboxylic acids is 1. The second-order valence-electron chi connectivity index (χ2n) is 4.92. The van der Waals surface area contributed by atoms with Crippen molar-refractivity contribution in [2.75, 3.05) is 39.3 Å². The number of carbonyl (C=O) groups excluding carboxylic acids is 1. The van der Waals surface area contributed by atoms with Crippen LogP contribution in [0, 0.1) is 5.92 Å². The maximum atomic E-state index is 11.3. The number of likely N-dealkylation sites (tertiary alicyclic amines) is 1. The highest BCUT2D eigenvalue weighted by atomic mass is 16.4. The second kappa shape index (κ2) is 12.8. The molecule has 0 aromatic rings. The molecule has 1 fully saturated rings. The Morgan fingerprint density at radius 3 is 2.50 bits per heavy atom. The first-order valence-corrected chi connectivity index (χ1v) is 7.18. The van der Waals surface area contributed by atoms with E-state index >= 15 is 0 Å². The molecule has 1 aliphatic rings. The van der Waals surface area contributed by atoms with E-state index in [0.29, 0.717) is 12.5 Å². The summed E-state index contributed by atoms with van der Waals surface area (Å²) in [6, 6.07) is -0.336. The Morgan fingerprint density at radius 2 is 1.91 bits per heavy atom. The van der Waals surface area contributed by atoms with Gasteiger partial charge in [0.15, 0.2) is 0 Å². The van der Waals surface area contributed by atoms with Gasteiger partial charge in [0.1, 0.15) is 0 Å². The summed E-state index contributed by atoms with van der Waals surface area (Å²) >= 11 is 0. The van der Waals surface area contributed by atoms with Gasteiger partial charge in [-0.15, -0.1) is 0 Å². The average molecular weight is 319 g/mol. The molecule has 0 bridgehead atoms. The first-order chi connectivity index (χ1) is 10.5. The molecule has 0 radical (unpaired) electrons. The molecule has 9 heteroatoms. The molecule has 1 aliphatic heterocycles. The molecule has 0 aromatic heterocycles. The molecule has 5 N–H and O–H groups in total. The maximum Gasteiger partial charge on any atom is 0.314 e. The topological polar surface area (TPSA) is 139 Å². The molecule has 1 heterocycles. The summed E-state index contributed by atoms with van der Waals surface area (Å²) < 4.78 is 0. The lowest BCUT2D eigenvalue weighted by Crippen LogP contribution is -2.44. The van der Waals surface area contributed by atoms with Crippen molar-refractivity contribution in [1.29, 1.82) is 0 Å². The van der Waals surface area contributed by atoms with Crippen LogP contribution in [0.5, 0.6) is 0 Å². The van der Waals surface area contributed by atoms with Crippen molar-refractivity contribution >= 4 is 18.5 Å². The number of piperidine rings is 1. The summed E-state index contributed by atoms with van der Waals surface area (Å²) in [4.78, 5) is 32.2. The van der Waals surface area contributed by atoms with E-state index in [-0.39, 0.29) is 32.1 Å². The minimum absolute atomic E-state index is 0.0717. The molecular formula is C13H25N3O6. The molecule has 128 valence electrons. The van der Waals surface area contributed by atoms with Crippen molar-refractivity contribution in [3.8, 4) is 0 Å². The van der Waals surface area contributed by atoms with Crippen LogP contribution in [0.1, 0.15) is 19.3 Å². The molecule has 9 nitrogen and oxygen atoms in total. The molecule has 2 amide bonds. The predicted octanol–water partition coefficient (Wildman–Crippen LogP) is -0.835. The van der Waals surface area contributed by atoms with Gasteiger partial charge in [-0.25, -0.2) is 4.79 Å². The summed E-state index contributed by atoms with van der Waals surface area (Å²) in [5.41, 5.74) is 0. The Bertz CT molecular complexity index is 340. The molecule has 0 aromatic carbocycles. The van der Waals surface area contributed by atoms with E-state index < -0.39 is 5.97 Å². The Kier molecular flexibility index (Phi) is 11.7. The Balaban J connectivity index is 0.00000135. The van der Waals surface area contributed by atoms with Crippen LogP contribution in [-0.4, -0.2) is 78.0 Å². The highest BCUT2D eigenvalue weighted by Gasteiger charge is 2.18. The van der Waals surface area contributed by atoms with Gasteiger partial charge in [-0.2, -0.15) is 0 Å². The third kappa shape index (κ3) is 10.9. The number of carbonyl (C=O) groups is 3. The Hall–Kier alpha value is -1.87. The van der Waals surface area contributed by atoms with E-state index in [1.807, 2.05) is 0 Å². The van der Waals surface area contributed by atoms with E-state index in [4.69, 9.17) is 20.1 Å². The van der Waals surface area contributed by atoms with Crippen LogP contribution in [0.3, 0.4) is 0 Å². The van der Waals surface area contributed by atoms with Crippen LogP contribution in [0.25, 0.3) is 0 Å². The van der Waals surface area contributed by atoms with Gasteiger partial charge in [-0.3, -0.25) is 9.59 Å². The number of nitrogens with one attached hydrogen (secondary N) is 2. The van der Waals surface area contributed by atoms with Gasteiger partial charge >= 0.3 is 12.0 Å². The summed E-state index contributed by atoms with van der Waals surface area (Å²) in [7, 11) is 0. The number of nitrogens with zero attached hydrogens (tertiary/aromatic N) is 1. The maximum absolute atomic E-state index is 11.3. The van der Waals surface area contributed by atoms with Gasteiger partial charge in [0, 0.05) is 32.8 Å². The number of hydrogen-bond donors (Lipinski definition) is 5. The second-order valence-corrected chi connectivity index (χ2v) is 4.92. The lowest BCUT2D eigenvalue weighted by Gasteiger charge is -2.31. The minimum Gasteiger partial charge on any atom is -0.483 e. The van der Waals surface area contributed by atoms with E-state index in [9.17, 15) is 9.59 Å². The zero-order chi connectivity index (χ0) is 16.8. The quantitative estimate of drug-likeness (QED) is 0.386. The molecular weight excluding hydrogens is 294 g/mol. The molecule has 1 rings (SSSR count). The fraction of sp³-hybridized carbons (Fsp3) is 0.769. The highest BCUT2D eigenvalue weighted by molar-refractivity contribution is 5.74. The number of carboxylic acids is 1. The fourth-order valence-electron chi connectivity index (χ4n) is 2.18. The Labute approximate surface area is 129 Å². The number of amides is 2. The van der Waals surface area contributed by atoms with Crippen molar-refractivity contribution in [1.82, 2.24) is 15.5 Å². The van der Waals surface area contributed by atoms with Crippen molar-refractivity contribution in [3.63, 3.8) is 0 Å². The van der Waals surface area contributed by atoms with E-state index in [1.54, 1.807) is 0 Å². The molecule has 1 saturated heterocycles. The van der Waals surface area contributed by atoms with Crippen molar-refractivity contribution in [2.45, 2.75) is 19.3 Å². The predicted molar refractivity (Wildman–Crippen MR) is 78.6 cm³/mol. The van der Waals surface area contributed by atoms with Gasteiger partial charge in [-0.05, 0) is 25.3 Å². The number of hydrogen-bond acceptors (Lipinski definition) is 5. The highest BCUT2D eigenvalue weighted by Crippen LogP contribution is 2.14. The van der Waals surface area contributed by atoms with E-state index in [0.717, 1.165) is 32.5 Å². The summed E-state index contributed by atoms with van der Waals surface area (Å²) in [5, 5.41) is 29.6. The van der Waals surface area contributed by atoms with Gasteiger partial charge < -0.3 is 30.9 Å². The first kappa shape index (κ1) is 20.1. The average Bonchev–Trinajstić information content (AvgIpc) is 2.48. The molecule has 0 spiro atoms. The first-order valence-electron chi connectivity index (χ1n) is 7.18.